The third-order valence-electron chi connectivity index (χ3n) is 2.95. The van der Waals surface area contributed by atoms with Crippen LogP contribution in [0.1, 0.15) is 5.56 Å². The van der Waals surface area contributed by atoms with E-state index in [1.807, 2.05) is 0 Å². The first-order chi connectivity index (χ1) is 11.4. The van der Waals surface area contributed by atoms with Gasteiger partial charge < -0.3 is 0 Å². The summed E-state index contributed by atoms with van der Waals surface area (Å²) in [7, 11) is -4.52. The molecule has 0 saturated heterocycles. The Bertz CT molecular complexity index is 949. The van der Waals surface area contributed by atoms with Crippen molar-refractivity contribution in [2.45, 2.75) is 11.1 Å². The topological polar surface area (TPSA) is 89.3 Å². The fourth-order valence-electron chi connectivity index (χ4n) is 1.85. The minimum Gasteiger partial charge on any atom is -0.279 e. The molecule has 0 aliphatic carbocycles. The summed E-state index contributed by atoms with van der Waals surface area (Å²) in [5.74, 6) is 0. The van der Waals surface area contributed by atoms with Crippen LogP contribution in [0.2, 0.25) is 10.0 Å². The number of nitrogens with zero attached hydrogens (tertiary/aromatic N) is 1. The van der Waals surface area contributed by atoms with Gasteiger partial charge in [0.2, 0.25) is 0 Å². The summed E-state index contributed by atoms with van der Waals surface area (Å²) in [4.78, 5) is 9.09. The van der Waals surface area contributed by atoms with Gasteiger partial charge in [0.15, 0.2) is 0 Å². The summed E-state index contributed by atoms with van der Waals surface area (Å²) < 4.78 is 65.7. The Morgan fingerprint density at radius 1 is 1.08 bits per heavy atom. The lowest BCUT2D eigenvalue weighted by atomic mass is 10.1. The first-order valence-electron chi connectivity index (χ1n) is 6.25. The van der Waals surface area contributed by atoms with E-state index in [0.29, 0.717) is 6.07 Å². The highest BCUT2D eigenvalue weighted by Crippen LogP contribution is 2.38. The number of rotatable bonds is 4. The maximum absolute atomic E-state index is 13.1. The number of hydrogen-bond donors (Lipinski definition) is 1. The zero-order valence-corrected chi connectivity index (χ0v) is 14.2. The normalized spacial score (nSPS) is 12.0. The molecule has 25 heavy (non-hydrogen) atoms. The molecule has 0 radical (unpaired) electrons. The summed E-state index contributed by atoms with van der Waals surface area (Å²) in [5.41, 5.74) is -3.23. The molecule has 0 unspecified atom stereocenters. The number of hydrogen-bond acceptors (Lipinski definition) is 4. The molecular formula is C13H7Cl2F3N2O4S. The van der Waals surface area contributed by atoms with E-state index in [0.717, 1.165) is 12.1 Å². The van der Waals surface area contributed by atoms with Crippen LogP contribution in [-0.4, -0.2) is 13.3 Å². The van der Waals surface area contributed by atoms with Crippen molar-refractivity contribution in [2.75, 3.05) is 4.72 Å². The first kappa shape index (κ1) is 19.3. The highest BCUT2D eigenvalue weighted by molar-refractivity contribution is 7.92. The molecule has 0 aromatic heterocycles. The largest absolute Gasteiger partial charge is 0.418 e. The van der Waals surface area contributed by atoms with Gasteiger partial charge in [0.1, 0.15) is 4.90 Å². The quantitative estimate of drug-likeness (QED) is 0.578. The van der Waals surface area contributed by atoms with E-state index in [9.17, 15) is 31.7 Å². The Hall–Kier alpha value is -2.04. The lowest BCUT2D eigenvalue weighted by Gasteiger charge is -2.15. The predicted molar refractivity (Wildman–Crippen MR) is 85.4 cm³/mol. The first-order valence-corrected chi connectivity index (χ1v) is 8.49. The van der Waals surface area contributed by atoms with Gasteiger partial charge in [-0.05, 0) is 24.3 Å². The number of halogens is 5. The third kappa shape index (κ3) is 4.33. The van der Waals surface area contributed by atoms with Crippen molar-refractivity contribution in [3.05, 3.63) is 62.1 Å². The number of non-ortho nitro benzene ring substituents is 1. The predicted octanol–water partition coefficient (Wildman–Crippen LogP) is 4.72. The number of nitro benzene ring substituents is 1. The van der Waals surface area contributed by atoms with E-state index in [2.05, 4.69) is 0 Å². The van der Waals surface area contributed by atoms with Crippen molar-refractivity contribution < 1.29 is 26.5 Å². The SMILES string of the molecule is O=[N+]([O-])c1ccc(NS(=O)(=O)c2cc(Cl)ccc2Cl)c(C(F)(F)F)c1. The van der Waals surface area contributed by atoms with Crippen LogP contribution in [-0.2, 0) is 16.2 Å². The monoisotopic (exact) mass is 414 g/mol. The second kappa shape index (κ2) is 6.70. The van der Waals surface area contributed by atoms with Gasteiger partial charge in [-0.3, -0.25) is 14.8 Å². The van der Waals surface area contributed by atoms with Crippen molar-refractivity contribution in [2.24, 2.45) is 0 Å². The molecule has 2 rings (SSSR count). The van der Waals surface area contributed by atoms with E-state index >= 15 is 0 Å². The second-order valence-corrected chi connectivity index (χ2v) is 7.16. The molecule has 0 fully saturated rings. The molecule has 0 spiro atoms. The molecule has 2 aromatic rings. The minimum atomic E-state index is -5.03. The van der Waals surface area contributed by atoms with Gasteiger partial charge in [-0.25, -0.2) is 8.42 Å². The van der Waals surface area contributed by atoms with Crippen molar-refractivity contribution in [3.8, 4) is 0 Å². The van der Waals surface area contributed by atoms with E-state index in [1.165, 1.54) is 12.1 Å². The molecule has 1 N–H and O–H groups in total. The van der Waals surface area contributed by atoms with Crippen molar-refractivity contribution in [1.82, 2.24) is 0 Å². The van der Waals surface area contributed by atoms with E-state index in [-0.39, 0.29) is 16.1 Å². The lowest BCUT2D eigenvalue weighted by Crippen LogP contribution is -2.18. The van der Waals surface area contributed by atoms with Crippen LogP contribution in [0.15, 0.2) is 41.3 Å². The maximum Gasteiger partial charge on any atom is 0.418 e. The van der Waals surface area contributed by atoms with Crippen LogP contribution >= 0.6 is 23.2 Å². The Balaban J connectivity index is 2.56. The maximum atomic E-state index is 13.1. The van der Waals surface area contributed by atoms with Gasteiger partial charge in [-0.15, -0.1) is 0 Å². The minimum absolute atomic E-state index is 0.00418. The summed E-state index contributed by atoms with van der Waals surface area (Å²) in [6.45, 7) is 0. The highest BCUT2D eigenvalue weighted by atomic mass is 35.5. The van der Waals surface area contributed by atoms with Gasteiger partial charge in [0.05, 0.1) is 21.2 Å². The fraction of sp³-hybridized carbons (Fsp3) is 0.0769. The van der Waals surface area contributed by atoms with Crippen molar-refractivity contribution >= 4 is 44.6 Å². The van der Waals surface area contributed by atoms with Gasteiger partial charge in [0, 0.05) is 17.2 Å². The summed E-state index contributed by atoms with van der Waals surface area (Å²) in [5, 5.41) is 10.4. The Morgan fingerprint density at radius 2 is 1.72 bits per heavy atom. The summed E-state index contributed by atoms with van der Waals surface area (Å²) in [6, 6.07) is 5.06. The molecule has 2 aromatic carbocycles. The number of nitro groups is 1. The van der Waals surface area contributed by atoms with Gasteiger partial charge >= 0.3 is 6.18 Å². The molecular weight excluding hydrogens is 408 g/mol. The van der Waals surface area contributed by atoms with Crippen LogP contribution in [0.5, 0.6) is 0 Å². The number of sulfonamides is 1. The molecule has 0 aliphatic heterocycles. The fourth-order valence-corrected chi connectivity index (χ4v) is 3.70. The molecule has 0 amide bonds. The van der Waals surface area contributed by atoms with Crippen LogP contribution in [0, 0.1) is 10.1 Å². The smallest absolute Gasteiger partial charge is 0.279 e. The number of anilines is 1. The molecule has 12 heteroatoms. The zero-order chi connectivity index (χ0) is 19.0. The number of alkyl halides is 3. The molecule has 0 heterocycles. The molecule has 134 valence electrons. The van der Waals surface area contributed by atoms with E-state index in [1.54, 1.807) is 4.72 Å². The van der Waals surface area contributed by atoms with Gasteiger partial charge in [-0.1, -0.05) is 23.2 Å². The summed E-state index contributed by atoms with van der Waals surface area (Å²) in [6.07, 6.45) is -5.03. The highest BCUT2D eigenvalue weighted by Gasteiger charge is 2.36. The average molecular weight is 415 g/mol. The van der Waals surface area contributed by atoms with E-state index in [4.69, 9.17) is 23.2 Å². The van der Waals surface area contributed by atoms with Crippen molar-refractivity contribution in [1.29, 1.82) is 0 Å². The van der Waals surface area contributed by atoms with Crippen LogP contribution in [0.4, 0.5) is 24.5 Å². The van der Waals surface area contributed by atoms with Crippen molar-refractivity contribution in [3.63, 3.8) is 0 Å². The summed E-state index contributed by atoms with van der Waals surface area (Å²) >= 11 is 11.4. The number of nitrogens with one attached hydrogen (secondary N) is 1. The average Bonchev–Trinajstić information content (AvgIpc) is 2.48. The standard InChI is InChI=1S/C13H7Cl2F3N2O4S/c14-7-1-3-10(15)12(5-7)25(23,24)19-11-4-2-8(20(21)22)6-9(11)13(16,17)18/h1-6,19H. The molecule has 0 atom stereocenters. The number of benzene rings is 2. The van der Waals surface area contributed by atoms with Crippen LogP contribution in [0.3, 0.4) is 0 Å². The Labute approximate surface area is 149 Å². The van der Waals surface area contributed by atoms with Crippen LogP contribution < -0.4 is 4.72 Å². The molecule has 0 saturated carbocycles. The molecule has 0 bridgehead atoms. The Kier molecular flexibility index (Phi) is 5.17. The third-order valence-corrected chi connectivity index (χ3v) is 5.03. The van der Waals surface area contributed by atoms with Gasteiger partial charge in [0.25, 0.3) is 15.7 Å². The van der Waals surface area contributed by atoms with E-state index < -0.39 is 43.0 Å². The van der Waals surface area contributed by atoms with Gasteiger partial charge in [-0.2, -0.15) is 13.2 Å². The molecule has 0 aliphatic rings. The zero-order valence-electron chi connectivity index (χ0n) is 11.8. The molecule has 6 nitrogen and oxygen atoms in total. The second-order valence-electron chi connectivity index (χ2n) is 4.66. The Morgan fingerprint density at radius 3 is 2.28 bits per heavy atom. The van der Waals surface area contributed by atoms with Crippen LogP contribution in [0.25, 0.3) is 0 Å². The lowest BCUT2D eigenvalue weighted by molar-refractivity contribution is -0.385.